The Labute approximate surface area is 412 Å². The molecule has 1 heterocycles. The summed E-state index contributed by atoms with van der Waals surface area (Å²) in [4.78, 5) is 2.46. The van der Waals surface area contributed by atoms with Crippen molar-refractivity contribution in [3.63, 3.8) is 0 Å². The van der Waals surface area contributed by atoms with Crippen molar-refractivity contribution in [1.82, 2.24) is 0 Å². The van der Waals surface area contributed by atoms with Gasteiger partial charge in [-0.3, -0.25) is 0 Å². The van der Waals surface area contributed by atoms with E-state index in [9.17, 15) is 0 Å². The van der Waals surface area contributed by atoms with E-state index < -0.39 is 8.07 Å². The summed E-state index contributed by atoms with van der Waals surface area (Å²) >= 11 is 0. The fourth-order valence-corrected chi connectivity index (χ4v) is 17.2. The number of rotatable bonds is 9. The molecule has 1 aliphatic heterocycles. The molecule has 11 aromatic rings. The smallest absolute Gasteiger partial charge is 0.180 e. The number of hydrogen-bond acceptors (Lipinski definition) is 1. The summed E-state index contributed by atoms with van der Waals surface area (Å²) in [5.41, 5.74) is 19.3. The van der Waals surface area contributed by atoms with Crippen LogP contribution in [0.3, 0.4) is 0 Å². The van der Waals surface area contributed by atoms with Gasteiger partial charge in [-0.2, -0.15) is 0 Å². The first-order valence-electron chi connectivity index (χ1n) is 24.4. The number of nitrogens with zero attached hydrogens (tertiary/aromatic N) is 1. The molecule has 70 heavy (non-hydrogen) atoms. The van der Waals surface area contributed by atoms with Crippen LogP contribution in [0.2, 0.25) is 0 Å². The third kappa shape index (κ3) is 6.59. The van der Waals surface area contributed by atoms with Crippen molar-refractivity contribution in [2.24, 2.45) is 0 Å². The van der Waals surface area contributed by atoms with Gasteiger partial charge in [-0.1, -0.05) is 237 Å². The van der Waals surface area contributed by atoms with E-state index in [4.69, 9.17) is 0 Å². The lowest BCUT2D eigenvalue weighted by molar-refractivity contribution is 0.714. The van der Waals surface area contributed by atoms with E-state index in [1.54, 1.807) is 0 Å². The Kier molecular flexibility index (Phi) is 10.0. The quantitative estimate of drug-likeness (QED) is 0.130. The molecule has 0 spiro atoms. The molecule has 2 aliphatic rings. The number of hydrogen-bond donors (Lipinski definition) is 0. The van der Waals surface area contributed by atoms with Gasteiger partial charge in [-0.05, 0) is 142 Å². The Balaban J connectivity index is 0.976. The second-order valence-corrected chi connectivity index (χ2v) is 22.7. The zero-order valence-corrected chi connectivity index (χ0v) is 40.0. The lowest BCUT2D eigenvalue weighted by Crippen LogP contribution is -2.72. The Hall–Kier alpha value is -8.56. The minimum atomic E-state index is -2.65. The lowest BCUT2D eigenvalue weighted by atomic mass is 9.74. The monoisotopic (exact) mass is 907 g/mol. The zero-order chi connectivity index (χ0) is 46.7. The van der Waals surface area contributed by atoms with Gasteiger partial charge in [0.1, 0.15) is 0 Å². The van der Waals surface area contributed by atoms with E-state index in [2.05, 4.69) is 291 Å². The molecule has 0 aromatic heterocycles. The van der Waals surface area contributed by atoms with Gasteiger partial charge in [0.15, 0.2) is 8.07 Å². The molecule has 0 radical (unpaired) electrons. The highest BCUT2D eigenvalue weighted by atomic mass is 28.3. The minimum Gasteiger partial charge on any atom is -0.310 e. The van der Waals surface area contributed by atoms with Gasteiger partial charge in [-0.25, -0.2) is 0 Å². The Morgan fingerprint density at radius 3 is 1.33 bits per heavy atom. The van der Waals surface area contributed by atoms with Crippen molar-refractivity contribution in [2.45, 2.75) is 12.3 Å². The molecule has 13 rings (SSSR count). The lowest BCUT2D eigenvalue weighted by Gasteiger charge is -2.32. The molecule has 0 unspecified atom stereocenters. The topological polar surface area (TPSA) is 3.24 Å². The van der Waals surface area contributed by atoms with Crippen LogP contribution in [-0.2, 0) is 5.41 Å². The molecule has 0 bridgehead atoms. The predicted octanol–water partition coefficient (Wildman–Crippen LogP) is 14.8. The normalized spacial score (nSPS) is 13.4. The molecule has 2 heteroatoms. The van der Waals surface area contributed by atoms with Crippen molar-refractivity contribution in [3.05, 3.63) is 296 Å². The molecule has 1 aliphatic carbocycles. The van der Waals surface area contributed by atoms with Crippen molar-refractivity contribution < 1.29 is 0 Å². The fourth-order valence-electron chi connectivity index (χ4n) is 11.9. The first-order valence-corrected chi connectivity index (χ1v) is 26.4. The summed E-state index contributed by atoms with van der Waals surface area (Å²) in [6.07, 6.45) is 0. The first-order chi connectivity index (χ1) is 34.6. The molecule has 0 fully saturated rings. The summed E-state index contributed by atoms with van der Waals surface area (Å²) in [5.74, 6) is 0. The maximum atomic E-state index is 2.49. The first kappa shape index (κ1) is 41.6. The maximum Gasteiger partial charge on any atom is 0.180 e. The largest absolute Gasteiger partial charge is 0.310 e. The van der Waals surface area contributed by atoms with Crippen LogP contribution in [0.5, 0.6) is 0 Å². The van der Waals surface area contributed by atoms with Crippen LogP contribution in [0.4, 0.5) is 17.1 Å². The van der Waals surface area contributed by atoms with Gasteiger partial charge in [-0.15, -0.1) is 0 Å². The standard InChI is InChI=1S/C68H49NSi/c1-68(64-35-15-11-31-60(64)61-32-12-16-36-65(61)68)54-26-20-27-56(47-54)69(57-44-52(48-21-5-2-6-22-48)43-53(45-57)49-23-7-3-8-24-49)55-41-39-50(40-42-55)51-25-19-30-59(46-51)70(58-28-9-4-10-29-58)66-37-17-13-33-62(66)63-34-14-18-38-67(63)70/h2-47H,1H3. The Morgan fingerprint density at radius 1 is 0.286 bits per heavy atom. The van der Waals surface area contributed by atoms with Crippen LogP contribution < -0.4 is 25.6 Å². The number of fused-ring (bicyclic) bond motifs is 6. The van der Waals surface area contributed by atoms with Gasteiger partial charge in [0.05, 0.1) is 0 Å². The Morgan fingerprint density at radius 2 is 0.743 bits per heavy atom. The van der Waals surface area contributed by atoms with Gasteiger partial charge in [0.25, 0.3) is 0 Å². The number of benzene rings is 11. The third-order valence-corrected chi connectivity index (χ3v) is 20.1. The molecule has 1 nitrogen and oxygen atoms in total. The van der Waals surface area contributed by atoms with Crippen LogP contribution in [0.25, 0.3) is 55.6 Å². The van der Waals surface area contributed by atoms with Crippen molar-refractivity contribution in [2.75, 3.05) is 4.90 Å². The molecule has 0 N–H and O–H groups in total. The van der Waals surface area contributed by atoms with Crippen LogP contribution in [0.15, 0.2) is 279 Å². The highest BCUT2D eigenvalue weighted by Gasteiger charge is 2.48. The van der Waals surface area contributed by atoms with Gasteiger partial charge < -0.3 is 4.90 Å². The summed E-state index contributed by atoms with van der Waals surface area (Å²) in [6, 6.07) is 104. The van der Waals surface area contributed by atoms with Gasteiger partial charge in [0, 0.05) is 22.5 Å². The average molecular weight is 908 g/mol. The van der Waals surface area contributed by atoms with E-state index in [0.717, 1.165) is 17.1 Å². The van der Waals surface area contributed by atoms with E-state index in [1.807, 2.05) is 0 Å². The fraction of sp³-hybridized carbons (Fsp3) is 0.0294. The molecule has 0 saturated heterocycles. The summed E-state index contributed by atoms with van der Waals surface area (Å²) in [7, 11) is -2.65. The molecule has 0 saturated carbocycles. The van der Waals surface area contributed by atoms with Gasteiger partial charge >= 0.3 is 0 Å². The summed E-state index contributed by atoms with van der Waals surface area (Å²) < 4.78 is 0. The molecule has 0 atom stereocenters. The summed E-state index contributed by atoms with van der Waals surface area (Å²) in [6.45, 7) is 2.40. The summed E-state index contributed by atoms with van der Waals surface area (Å²) in [5, 5.41) is 5.72. The molecular formula is C68H49NSi. The zero-order valence-electron chi connectivity index (χ0n) is 39.0. The van der Waals surface area contributed by atoms with Crippen LogP contribution in [-0.4, -0.2) is 8.07 Å². The molecule has 11 aromatic carbocycles. The van der Waals surface area contributed by atoms with E-state index >= 15 is 0 Å². The second-order valence-electron chi connectivity index (χ2n) is 18.9. The SMILES string of the molecule is CC1(c2cccc(N(c3ccc(-c4cccc([Si]5(c6ccccc6)c6ccccc6-c6ccccc65)c4)cc3)c3cc(-c4ccccc4)cc(-c4ccccc4)c3)c2)c2ccccc2-c2ccccc21. The van der Waals surface area contributed by atoms with E-state index in [-0.39, 0.29) is 5.41 Å². The number of anilines is 3. The third-order valence-electron chi connectivity index (χ3n) is 15.2. The maximum absolute atomic E-state index is 2.65. The molecule has 0 amide bonds. The van der Waals surface area contributed by atoms with Crippen molar-refractivity contribution >= 4 is 45.9 Å². The van der Waals surface area contributed by atoms with Crippen LogP contribution in [0.1, 0.15) is 23.6 Å². The van der Waals surface area contributed by atoms with Crippen molar-refractivity contribution in [3.8, 4) is 55.6 Å². The van der Waals surface area contributed by atoms with Crippen LogP contribution >= 0.6 is 0 Å². The highest BCUT2D eigenvalue weighted by molar-refractivity contribution is 7.22. The van der Waals surface area contributed by atoms with Crippen molar-refractivity contribution in [1.29, 1.82) is 0 Å². The van der Waals surface area contributed by atoms with Gasteiger partial charge in [0.2, 0.25) is 0 Å². The highest BCUT2D eigenvalue weighted by Crippen LogP contribution is 2.53. The predicted molar refractivity (Wildman–Crippen MR) is 297 cm³/mol. The van der Waals surface area contributed by atoms with E-state index in [1.165, 1.54) is 93.1 Å². The van der Waals surface area contributed by atoms with E-state index in [0.29, 0.717) is 0 Å². The average Bonchev–Trinajstić information content (AvgIpc) is 3.89. The molecular weight excluding hydrogens is 859 g/mol. The van der Waals surface area contributed by atoms with Crippen LogP contribution in [0, 0.1) is 0 Å². The minimum absolute atomic E-state index is 0.342. The second kappa shape index (κ2) is 16.9. The molecule has 330 valence electrons. The Bertz CT molecular complexity index is 3580.